The Morgan fingerprint density at radius 2 is 1.69 bits per heavy atom. The lowest BCUT2D eigenvalue weighted by Gasteiger charge is -2.14. The number of rotatable bonds is 8. The molecule has 3 rings (SSSR count). The van der Waals surface area contributed by atoms with Gasteiger partial charge in [-0.15, -0.1) is 0 Å². The van der Waals surface area contributed by atoms with E-state index < -0.39 is 0 Å². The van der Waals surface area contributed by atoms with Gasteiger partial charge in [-0.05, 0) is 47.7 Å². The van der Waals surface area contributed by atoms with Gasteiger partial charge in [-0.25, -0.2) is 9.97 Å². The molecule has 0 aliphatic carbocycles. The highest BCUT2D eigenvalue weighted by Crippen LogP contribution is 2.23. The molecule has 6 heteroatoms. The summed E-state index contributed by atoms with van der Waals surface area (Å²) in [5, 5.41) is 6.20. The Hall–Kier alpha value is -3.41. The maximum atomic E-state index is 12.8. The molecule has 0 saturated heterocycles. The Labute approximate surface area is 171 Å². The van der Waals surface area contributed by atoms with Crippen LogP contribution < -0.4 is 15.4 Å². The van der Waals surface area contributed by atoms with Crippen LogP contribution in [0.1, 0.15) is 41.0 Å². The number of aryl methyl sites for hydroxylation is 2. The summed E-state index contributed by atoms with van der Waals surface area (Å²) in [6.07, 6.45) is 3.29. The van der Waals surface area contributed by atoms with E-state index in [2.05, 4.69) is 34.4 Å². The first kappa shape index (κ1) is 20.3. The number of nitrogens with one attached hydrogen (secondary N) is 2. The zero-order chi connectivity index (χ0) is 20.6. The van der Waals surface area contributed by atoms with Crippen LogP contribution in [-0.2, 0) is 19.4 Å². The summed E-state index contributed by atoms with van der Waals surface area (Å²) in [4.78, 5) is 21.4. The summed E-state index contributed by atoms with van der Waals surface area (Å²) in [7, 11) is 1.64. The molecule has 0 bridgehead atoms. The van der Waals surface area contributed by atoms with E-state index in [0.29, 0.717) is 18.2 Å². The molecule has 0 aliphatic rings. The lowest BCUT2D eigenvalue weighted by molar-refractivity contribution is 0.102. The first-order valence-electron chi connectivity index (χ1n) is 9.76. The molecule has 0 saturated carbocycles. The Bertz CT molecular complexity index is 949. The number of amides is 1. The van der Waals surface area contributed by atoms with Crippen molar-refractivity contribution in [3.05, 3.63) is 77.1 Å². The zero-order valence-corrected chi connectivity index (χ0v) is 17.0. The standard InChI is InChI=1S/C23H26N4O2/c1-4-17-7-6-8-18(5-2)21(17)27-22(28)20-13-14-24-23(26-20)25-15-16-9-11-19(29-3)12-10-16/h6-14H,4-5,15H2,1-3H3,(H,27,28)(H,24,25,26). The molecular formula is C23H26N4O2. The summed E-state index contributed by atoms with van der Waals surface area (Å²) >= 11 is 0. The highest BCUT2D eigenvalue weighted by atomic mass is 16.5. The largest absolute Gasteiger partial charge is 0.497 e. The number of anilines is 2. The minimum Gasteiger partial charge on any atom is -0.497 e. The van der Waals surface area contributed by atoms with Gasteiger partial charge >= 0.3 is 0 Å². The van der Waals surface area contributed by atoms with E-state index in [1.807, 2.05) is 42.5 Å². The number of benzene rings is 2. The van der Waals surface area contributed by atoms with Gasteiger partial charge in [0.15, 0.2) is 0 Å². The molecular weight excluding hydrogens is 364 g/mol. The van der Waals surface area contributed by atoms with Gasteiger partial charge in [-0.2, -0.15) is 0 Å². The van der Waals surface area contributed by atoms with E-state index in [1.54, 1.807) is 19.4 Å². The average Bonchev–Trinajstić information content (AvgIpc) is 2.78. The highest BCUT2D eigenvalue weighted by molar-refractivity contribution is 6.03. The minimum absolute atomic E-state index is 0.240. The molecule has 1 heterocycles. The van der Waals surface area contributed by atoms with Crippen LogP contribution in [-0.4, -0.2) is 23.0 Å². The average molecular weight is 390 g/mol. The first-order valence-corrected chi connectivity index (χ1v) is 9.76. The van der Waals surface area contributed by atoms with Crippen molar-refractivity contribution < 1.29 is 9.53 Å². The second-order valence-corrected chi connectivity index (χ2v) is 6.58. The number of carbonyl (C=O) groups excluding carboxylic acids is 1. The highest BCUT2D eigenvalue weighted by Gasteiger charge is 2.13. The Morgan fingerprint density at radius 3 is 2.31 bits per heavy atom. The van der Waals surface area contributed by atoms with Crippen LogP contribution in [0.25, 0.3) is 0 Å². The molecule has 2 N–H and O–H groups in total. The molecule has 0 spiro atoms. The van der Waals surface area contributed by atoms with Gasteiger partial charge in [-0.1, -0.05) is 44.2 Å². The van der Waals surface area contributed by atoms with Crippen LogP contribution in [0.4, 0.5) is 11.6 Å². The maximum Gasteiger partial charge on any atom is 0.274 e. The minimum atomic E-state index is -0.240. The fraction of sp³-hybridized carbons (Fsp3) is 0.261. The van der Waals surface area contributed by atoms with Gasteiger partial charge in [0.1, 0.15) is 11.4 Å². The number of aromatic nitrogens is 2. The Kier molecular flexibility index (Phi) is 6.79. The number of hydrogen-bond acceptors (Lipinski definition) is 5. The molecule has 0 aliphatic heterocycles. The molecule has 0 fully saturated rings. The van der Waals surface area contributed by atoms with E-state index in [0.717, 1.165) is 41.0 Å². The molecule has 0 atom stereocenters. The van der Waals surface area contributed by atoms with E-state index in [9.17, 15) is 4.79 Å². The van der Waals surface area contributed by atoms with Gasteiger partial charge < -0.3 is 15.4 Å². The molecule has 1 amide bonds. The van der Waals surface area contributed by atoms with Crippen LogP contribution in [0.15, 0.2) is 54.7 Å². The van der Waals surface area contributed by atoms with E-state index in [4.69, 9.17) is 4.74 Å². The predicted octanol–water partition coefficient (Wildman–Crippen LogP) is 4.47. The zero-order valence-electron chi connectivity index (χ0n) is 17.0. The molecule has 1 aromatic heterocycles. The molecule has 3 aromatic rings. The number of hydrogen-bond donors (Lipinski definition) is 2. The summed E-state index contributed by atoms with van der Waals surface area (Å²) in [6.45, 7) is 4.71. The summed E-state index contributed by atoms with van der Waals surface area (Å²) in [5.41, 5.74) is 4.50. The normalized spacial score (nSPS) is 10.4. The molecule has 0 radical (unpaired) electrons. The Morgan fingerprint density at radius 1 is 1.00 bits per heavy atom. The van der Waals surface area contributed by atoms with Crippen molar-refractivity contribution in [1.29, 1.82) is 0 Å². The smallest absolute Gasteiger partial charge is 0.274 e. The van der Waals surface area contributed by atoms with Crippen molar-refractivity contribution in [1.82, 2.24) is 9.97 Å². The summed E-state index contributed by atoms with van der Waals surface area (Å²) < 4.78 is 5.17. The monoisotopic (exact) mass is 390 g/mol. The van der Waals surface area contributed by atoms with Crippen molar-refractivity contribution in [2.45, 2.75) is 33.2 Å². The molecule has 150 valence electrons. The quantitative estimate of drug-likeness (QED) is 0.593. The fourth-order valence-electron chi connectivity index (χ4n) is 3.08. The van der Waals surface area contributed by atoms with E-state index in [1.165, 1.54) is 0 Å². The van der Waals surface area contributed by atoms with Crippen molar-refractivity contribution in [2.75, 3.05) is 17.7 Å². The third kappa shape index (κ3) is 5.10. The number of nitrogens with zero attached hydrogens (tertiary/aromatic N) is 2. The van der Waals surface area contributed by atoms with Crippen LogP contribution >= 0.6 is 0 Å². The first-order chi connectivity index (χ1) is 14.1. The molecule has 2 aromatic carbocycles. The van der Waals surface area contributed by atoms with Gasteiger partial charge in [-0.3, -0.25) is 4.79 Å². The van der Waals surface area contributed by atoms with Gasteiger partial charge in [0.25, 0.3) is 5.91 Å². The van der Waals surface area contributed by atoms with Crippen LogP contribution in [0.3, 0.4) is 0 Å². The maximum absolute atomic E-state index is 12.8. The summed E-state index contributed by atoms with van der Waals surface area (Å²) in [6, 6.07) is 15.5. The van der Waals surface area contributed by atoms with Crippen molar-refractivity contribution in [3.8, 4) is 5.75 Å². The summed E-state index contributed by atoms with van der Waals surface area (Å²) in [5.74, 6) is 0.978. The van der Waals surface area contributed by atoms with Gasteiger partial charge in [0, 0.05) is 18.4 Å². The van der Waals surface area contributed by atoms with E-state index in [-0.39, 0.29) is 5.91 Å². The number of carbonyl (C=O) groups is 1. The van der Waals surface area contributed by atoms with Crippen molar-refractivity contribution in [3.63, 3.8) is 0 Å². The van der Waals surface area contributed by atoms with Gasteiger partial charge in [0.05, 0.1) is 7.11 Å². The Balaban J connectivity index is 1.71. The van der Waals surface area contributed by atoms with Crippen LogP contribution in [0.5, 0.6) is 5.75 Å². The lowest BCUT2D eigenvalue weighted by Crippen LogP contribution is -2.17. The molecule has 6 nitrogen and oxygen atoms in total. The van der Waals surface area contributed by atoms with Crippen molar-refractivity contribution >= 4 is 17.5 Å². The lowest BCUT2D eigenvalue weighted by atomic mass is 10.0. The molecule has 29 heavy (non-hydrogen) atoms. The van der Waals surface area contributed by atoms with E-state index >= 15 is 0 Å². The van der Waals surface area contributed by atoms with Crippen molar-refractivity contribution in [2.24, 2.45) is 0 Å². The van der Waals surface area contributed by atoms with Crippen LogP contribution in [0.2, 0.25) is 0 Å². The number of methoxy groups -OCH3 is 1. The van der Waals surface area contributed by atoms with Gasteiger partial charge in [0.2, 0.25) is 5.95 Å². The topological polar surface area (TPSA) is 76.1 Å². The third-order valence-corrected chi connectivity index (χ3v) is 4.74. The fourth-order valence-corrected chi connectivity index (χ4v) is 3.08. The third-order valence-electron chi connectivity index (χ3n) is 4.74. The SMILES string of the molecule is CCc1cccc(CC)c1NC(=O)c1ccnc(NCc2ccc(OC)cc2)n1. The second-order valence-electron chi connectivity index (χ2n) is 6.58. The predicted molar refractivity (Wildman–Crippen MR) is 116 cm³/mol. The number of ether oxygens (including phenoxy) is 1. The number of para-hydroxylation sites is 1. The second kappa shape index (κ2) is 9.68. The molecule has 0 unspecified atom stereocenters. The van der Waals surface area contributed by atoms with Crippen LogP contribution in [0, 0.1) is 0 Å².